The zero-order valence-corrected chi connectivity index (χ0v) is 12.1. The van der Waals surface area contributed by atoms with E-state index < -0.39 is 17.9 Å². The van der Waals surface area contributed by atoms with Crippen LogP contribution in [-0.4, -0.2) is 46.7 Å². The van der Waals surface area contributed by atoms with E-state index in [2.05, 4.69) is 15.3 Å². The molecule has 2 N–H and O–H groups in total. The van der Waals surface area contributed by atoms with Gasteiger partial charge in [-0.15, -0.1) is 0 Å². The lowest BCUT2D eigenvalue weighted by atomic mass is 10.2. The van der Waals surface area contributed by atoms with E-state index in [9.17, 15) is 9.59 Å². The number of nitrogens with one attached hydrogen (secondary N) is 1. The highest BCUT2D eigenvalue weighted by Crippen LogP contribution is 2.16. The lowest BCUT2D eigenvalue weighted by Gasteiger charge is -2.14. The molecule has 0 fully saturated rings. The summed E-state index contributed by atoms with van der Waals surface area (Å²) < 4.78 is 4.73. The van der Waals surface area contributed by atoms with Crippen molar-refractivity contribution < 1.29 is 19.4 Å². The molecule has 1 atom stereocenters. The Balaban J connectivity index is 2.96. The highest BCUT2D eigenvalue weighted by atomic mass is 35.5. The highest BCUT2D eigenvalue weighted by Gasteiger charge is 2.23. The molecule has 1 aromatic heterocycles. The molecule has 20 heavy (non-hydrogen) atoms. The number of aliphatic carboxylic acids is 1. The summed E-state index contributed by atoms with van der Waals surface area (Å²) in [6, 6.07) is -1.17. The number of hydrogen-bond donors (Lipinski definition) is 2. The molecule has 1 amide bonds. The minimum absolute atomic E-state index is 0.0214. The van der Waals surface area contributed by atoms with Crippen LogP contribution in [0, 0.1) is 0 Å². The number of halogens is 1. The van der Waals surface area contributed by atoms with E-state index in [1.807, 2.05) is 13.8 Å². The zero-order chi connectivity index (χ0) is 15.3. The number of carbonyl (C=O) groups is 2. The van der Waals surface area contributed by atoms with Crippen LogP contribution in [0.2, 0.25) is 5.02 Å². The second kappa shape index (κ2) is 7.16. The minimum Gasteiger partial charge on any atom is -0.480 e. The van der Waals surface area contributed by atoms with Gasteiger partial charge in [0.05, 0.1) is 17.8 Å². The first-order valence-electron chi connectivity index (χ1n) is 5.91. The predicted octanol–water partition coefficient (Wildman–Crippen LogP) is 1.08. The van der Waals surface area contributed by atoms with Crippen molar-refractivity contribution in [3.8, 4) is 0 Å². The maximum absolute atomic E-state index is 12.0. The fourth-order valence-corrected chi connectivity index (χ4v) is 1.56. The van der Waals surface area contributed by atoms with Crippen LogP contribution >= 0.6 is 11.6 Å². The number of carboxylic acid groups (broad SMARTS) is 1. The number of nitrogens with zero attached hydrogens (tertiary/aromatic N) is 2. The standard InChI is InChI=1S/C12H16ClN3O4/c1-6(2)10-14-4-7(13)9(16-10)11(17)15-8(5-20-3)12(18)19/h4,6,8H,5H2,1-3H3,(H,15,17)(H,18,19). The summed E-state index contributed by atoms with van der Waals surface area (Å²) in [5, 5.41) is 11.3. The summed E-state index contributed by atoms with van der Waals surface area (Å²) in [6.45, 7) is 3.59. The summed E-state index contributed by atoms with van der Waals surface area (Å²) in [5.74, 6) is -1.40. The van der Waals surface area contributed by atoms with Gasteiger partial charge in [0.25, 0.3) is 5.91 Å². The molecule has 0 saturated heterocycles. The van der Waals surface area contributed by atoms with Gasteiger partial charge in [-0.2, -0.15) is 0 Å². The van der Waals surface area contributed by atoms with Crippen molar-refractivity contribution in [1.29, 1.82) is 0 Å². The molecule has 1 rings (SSSR count). The monoisotopic (exact) mass is 301 g/mol. The first kappa shape index (κ1) is 16.3. The number of carbonyl (C=O) groups excluding carboxylic acids is 1. The van der Waals surface area contributed by atoms with Crippen LogP contribution in [-0.2, 0) is 9.53 Å². The van der Waals surface area contributed by atoms with Gasteiger partial charge in [0.15, 0.2) is 6.04 Å². The first-order chi connectivity index (χ1) is 9.36. The third-order valence-corrected chi connectivity index (χ3v) is 2.71. The SMILES string of the molecule is COCC(NC(=O)c1nc(C(C)C)ncc1Cl)C(=O)O. The summed E-state index contributed by atoms with van der Waals surface area (Å²) in [6.07, 6.45) is 1.32. The number of methoxy groups -OCH3 is 1. The Labute approximate surface area is 121 Å². The number of carboxylic acids is 1. The van der Waals surface area contributed by atoms with Crippen LogP contribution in [0.1, 0.15) is 36.1 Å². The Hall–Kier alpha value is -1.73. The van der Waals surface area contributed by atoms with Gasteiger partial charge >= 0.3 is 5.97 Å². The normalized spacial score (nSPS) is 12.2. The first-order valence-corrected chi connectivity index (χ1v) is 6.29. The fourth-order valence-electron chi connectivity index (χ4n) is 1.39. The molecular formula is C12H16ClN3O4. The highest BCUT2D eigenvalue weighted by molar-refractivity contribution is 6.33. The van der Waals surface area contributed by atoms with E-state index in [0.29, 0.717) is 5.82 Å². The molecule has 110 valence electrons. The Morgan fingerprint density at radius 1 is 1.50 bits per heavy atom. The van der Waals surface area contributed by atoms with Gasteiger partial charge in [0, 0.05) is 13.0 Å². The van der Waals surface area contributed by atoms with E-state index in [-0.39, 0.29) is 23.2 Å². The maximum atomic E-state index is 12.0. The minimum atomic E-state index is -1.20. The smallest absolute Gasteiger partial charge is 0.328 e. The Bertz CT molecular complexity index is 507. The third kappa shape index (κ3) is 4.14. The largest absolute Gasteiger partial charge is 0.480 e. The van der Waals surface area contributed by atoms with Crippen molar-refractivity contribution in [3.05, 3.63) is 22.7 Å². The summed E-state index contributed by atoms with van der Waals surface area (Å²) in [5.41, 5.74) is -0.0484. The lowest BCUT2D eigenvalue weighted by Crippen LogP contribution is -2.44. The molecular weight excluding hydrogens is 286 g/mol. The molecule has 0 aliphatic heterocycles. The zero-order valence-electron chi connectivity index (χ0n) is 11.4. The molecule has 0 bridgehead atoms. The average molecular weight is 302 g/mol. The number of hydrogen-bond acceptors (Lipinski definition) is 5. The van der Waals surface area contributed by atoms with Gasteiger partial charge in [-0.3, -0.25) is 4.79 Å². The van der Waals surface area contributed by atoms with Crippen LogP contribution < -0.4 is 5.32 Å². The van der Waals surface area contributed by atoms with Crippen molar-refractivity contribution in [2.45, 2.75) is 25.8 Å². The fraction of sp³-hybridized carbons (Fsp3) is 0.500. The third-order valence-electron chi connectivity index (χ3n) is 2.43. The number of aromatic nitrogens is 2. The molecule has 7 nitrogen and oxygen atoms in total. The van der Waals surface area contributed by atoms with Crippen LogP contribution in [0.25, 0.3) is 0 Å². The van der Waals surface area contributed by atoms with Gasteiger partial charge in [0.2, 0.25) is 0 Å². The average Bonchev–Trinajstić information content (AvgIpc) is 2.38. The van der Waals surface area contributed by atoms with Crippen LogP contribution in [0.15, 0.2) is 6.20 Å². The van der Waals surface area contributed by atoms with E-state index in [1.165, 1.54) is 13.3 Å². The van der Waals surface area contributed by atoms with Crippen molar-refractivity contribution in [3.63, 3.8) is 0 Å². The number of ether oxygens (including phenoxy) is 1. The van der Waals surface area contributed by atoms with Crippen LogP contribution in [0.3, 0.4) is 0 Å². The summed E-state index contributed by atoms with van der Waals surface area (Å²) in [4.78, 5) is 31.0. The van der Waals surface area contributed by atoms with Crippen LogP contribution in [0.4, 0.5) is 0 Å². The maximum Gasteiger partial charge on any atom is 0.328 e. The van der Waals surface area contributed by atoms with Gasteiger partial charge in [0.1, 0.15) is 11.5 Å². The molecule has 1 heterocycles. The van der Waals surface area contributed by atoms with Gasteiger partial charge in [-0.25, -0.2) is 14.8 Å². The van der Waals surface area contributed by atoms with E-state index in [4.69, 9.17) is 21.4 Å². The molecule has 8 heteroatoms. The van der Waals surface area contributed by atoms with E-state index >= 15 is 0 Å². The Kier molecular flexibility index (Phi) is 5.84. The predicted molar refractivity (Wildman–Crippen MR) is 71.9 cm³/mol. The molecule has 0 spiro atoms. The molecule has 0 saturated carbocycles. The van der Waals surface area contributed by atoms with Crippen molar-refractivity contribution in [2.24, 2.45) is 0 Å². The van der Waals surface area contributed by atoms with Gasteiger partial charge in [-0.1, -0.05) is 25.4 Å². The molecule has 0 aliphatic carbocycles. The molecule has 0 radical (unpaired) electrons. The Morgan fingerprint density at radius 2 is 2.15 bits per heavy atom. The summed E-state index contributed by atoms with van der Waals surface area (Å²) >= 11 is 5.87. The molecule has 0 aromatic carbocycles. The van der Waals surface area contributed by atoms with E-state index in [1.54, 1.807) is 0 Å². The number of rotatable bonds is 6. The molecule has 1 aromatic rings. The second-order valence-electron chi connectivity index (χ2n) is 4.40. The van der Waals surface area contributed by atoms with Crippen molar-refractivity contribution in [2.75, 3.05) is 13.7 Å². The van der Waals surface area contributed by atoms with E-state index in [0.717, 1.165) is 0 Å². The topological polar surface area (TPSA) is 101 Å². The van der Waals surface area contributed by atoms with Gasteiger partial charge in [-0.05, 0) is 0 Å². The second-order valence-corrected chi connectivity index (χ2v) is 4.81. The van der Waals surface area contributed by atoms with Crippen molar-refractivity contribution in [1.82, 2.24) is 15.3 Å². The Morgan fingerprint density at radius 3 is 2.65 bits per heavy atom. The van der Waals surface area contributed by atoms with Gasteiger partial charge < -0.3 is 15.2 Å². The van der Waals surface area contributed by atoms with Crippen molar-refractivity contribution >= 4 is 23.5 Å². The lowest BCUT2D eigenvalue weighted by molar-refractivity contribution is -0.140. The van der Waals surface area contributed by atoms with Crippen LogP contribution in [0.5, 0.6) is 0 Å². The molecule has 0 aliphatic rings. The number of amides is 1. The quantitative estimate of drug-likeness (QED) is 0.815. The summed E-state index contributed by atoms with van der Waals surface area (Å²) in [7, 11) is 1.34. The molecule has 1 unspecified atom stereocenters.